The maximum atomic E-state index is 9.01. The van der Waals surface area contributed by atoms with Gasteiger partial charge in [0, 0.05) is 5.56 Å². The molecule has 0 amide bonds. The van der Waals surface area contributed by atoms with Gasteiger partial charge in [-0.25, -0.2) is 4.98 Å². The summed E-state index contributed by atoms with van der Waals surface area (Å²) in [5.41, 5.74) is 1.71. The Labute approximate surface area is 69.3 Å². The Morgan fingerprint density at radius 1 is 1.17 bits per heavy atom. The minimum absolute atomic E-state index is 0.252. The fourth-order valence-electron chi connectivity index (χ4n) is 0.987. The molecule has 1 N–H and O–H groups in total. The monoisotopic (exact) mass is 161 g/mol. The smallest absolute Gasteiger partial charge is 0.181 e. The highest BCUT2D eigenvalue weighted by Crippen LogP contribution is 2.19. The van der Waals surface area contributed by atoms with Crippen molar-refractivity contribution in [2.24, 2.45) is 0 Å². The van der Waals surface area contributed by atoms with Crippen LogP contribution in [0.25, 0.3) is 11.3 Å². The fourth-order valence-corrected chi connectivity index (χ4v) is 0.987. The molecule has 1 aromatic carbocycles. The number of rotatable bonds is 1. The zero-order chi connectivity index (χ0) is 8.39. The number of hydrogen-bond acceptors (Lipinski definition) is 3. The molecule has 12 heavy (non-hydrogen) atoms. The second kappa shape index (κ2) is 2.70. The second-order valence-corrected chi connectivity index (χ2v) is 2.42. The average Bonchev–Trinajstić information content (AvgIpc) is 2.58. The molecule has 0 saturated carbocycles. The lowest BCUT2D eigenvalue weighted by Gasteiger charge is -1.94. The van der Waals surface area contributed by atoms with Crippen LogP contribution in [-0.4, -0.2) is 10.1 Å². The standard InChI is InChI=1S/C9H7NO2/c11-8-3-1-7(2-4-8)9-5-12-6-10-9/h1-6,11H. The first-order valence-corrected chi connectivity index (χ1v) is 3.54. The Bertz CT molecular complexity index is 351. The SMILES string of the molecule is Oc1ccc(-c2cocn2)cc1. The van der Waals surface area contributed by atoms with Crippen LogP contribution >= 0.6 is 0 Å². The van der Waals surface area contributed by atoms with E-state index in [0.29, 0.717) is 0 Å². The van der Waals surface area contributed by atoms with Crippen molar-refractivity contribution in [1.82, 2.24) is 4.98 Å². The van der Waals surface area contributed by atoms with Crippen LogP contribution in [0.2, 0.25) is 0 Å². The summed E-state index contributed by atoms with van der Waals surface area (Å²) in [5.74, 6) is 0.252. The fraction of sp³-hybridized carbons (Fsp3) is 0. The molecule has 0 atom stereocenters. The summed E-state index contributed by atoms with van der Waals surface area (Å²) in [6.07, 6.45) is 2.94. The predicted octanol–water partition coefficient (Wildman–Crippen LogP) is 2.05. The Hall–Kier alpha value is -1.77. The summed E-state index contributed by atoms with van der Waals surface area (Å²) < 4.78 is 4.83. The molecular formula is C9H7NO2. The van der Waals surface area contributed by atoms with E-state index in [4.69, 9.17) is 9.52 Å². The van der Waals surface area contributed by atoms with Gasteiger partial charge in [0.25, 0.3) is 0 Å². The molecule has 3 heteroatoms. The Balaban J connectivity index is 2.43. The number of oxazole rings is 1. The Morgan fingerprint density at radius 3 is 2.50 bits per heavy atom. The first kappa shape index (κ1) is 6.91. The number of aromatic hydroxyl groups is 1. The van der Waals surface area contributed by atoms with Gasteiger partial charge in [-0.2, -0.15) is 0 Å². The van der Waals surface area contributed by atoms with Gasteiger partial charge in [-0.05, 0) is 24.3 Å². The van der Waals surface area contributed by atoms with E-state index in [9.17, 15) is 0 Å². The molecule has 2 aromatic rings. The van der Waals surface area contributed by atoms with Crippen molar-refractivity contribution in [2.75, 3.05) is 0 Å². The summed E-state index contributed by atoms with van der Waals surface area (Å²) >= 11 is 0. The first-order valence-electron chi connectivity index (χ1n) is 3.54. The maximum Gasteiger partial charge on any atom is 0.181 e. The van der Waals surface area contributed by atoms with E-state index >= 15 is 0 Å². The predicted molar refractivity (Wildman–Crippen MR) is 43.6 cm³/mol. The molecule has 0 saturated heterocycles. The Morgan fingerprint density at radius 2 is 1.92 bits per heavy atom. The third-order valence-electron chi connectivity index (χ3n) is 1.60. The van der Waals surface area contributed by atoms with Crippen molar-refractivity contribution >= 4 is 0 Å². The summed E-state index contributed by atoms with van der Waals surface area (Å²) in [4.78, 5) is 3.97. The number of nitrogens with zero attached hydrogens (tertiary/aromatic N) is 1. The Kier molecular flexibility index (Phi) is 1.55. The van der Waals surface area contributed by atoms with Gasteiger partial charge < -0.3 is 9.52 Å². The lowest BCUT2D eigenvalue weighted by Crippen LogP contribution is -1.74. The van der Waals surface area contributed by atoms with Crippen molar-refractivity contribution in [3.05, 3.63) is 36.9 Å². The number of aromatic nitrogens is 1. The summed E-state index contributed by atoms with van der Waals surface area (Å²) in [6.45, 7) is 0. The second-order valence-electron chi connectivity index (χ2n) is 2.42. The van der Waals surface area contributed by atoms with E-state index in [-0.39, 0.29) is 5.75 Å². The molecular weight excluding hydrogens is 154 g/mol. The molecule has 0 unspecified atom stereocenters. The van der Waals surface area contributed by atoms with Crippen molar-refractivity contribution < 1.29 is 9.52 Å². The third-order valence-corrected chi connectivity index (χ3v) is 1.60. The molecule has 0 aliphatic carbocycles. The molecule has 3 nitrogen and oxygen atoms in total. The van der Waals surface area contributed by atoms with Crippen molar-refractivity contribution in [3.8, 4) is 17.0 Å². The highest BCUT2D eigenvalue weighted by Gasteiger charge is 1.98. The number of hydrogen-bond donors (Lipinski definition) is 1. The van der Waals surface area contributed by atoms with Crippen LogP contribution in [0, 0.1) is 0 Å². The molecule has 0 radical (unpaired) electrons. The third kappa shape index (κ3) is 1.16. The molecule has 0 aliphatic heterocycles. The van der Waals surface area contributed by atoms with E-state index in [1.807, 2.05) is 0 Å². The number of phenols is 1. The van der Waals surface area contributed by atoms with Crippen LogP contribution < -0.4 is 0 Å². The van der Waals surface area contributed by atoms with E-state index in [1.54, 1.807) is 30.5 Å². The summed E-state index contributed by atoms with van der Waals surface area (Å²) in [6, 6.07) is 6.80. The molecule has 0 aliphatic rings. The van der Waals surface area contributed by atoms with Crippen molar-refractivity contribution in [1.29, 1.82) is 0 Å². The molecule has 1 aromatic heterocycles. The van der Waals surface area contributed by atoms with Gasteiger partial charge in [-0.1, -0.05) is 0 Å². The zero-order valence-corrected chi connectivity index (χ0v) is 6.27. The minimum Gasteiger partial charge on any atom is -0.508 e. The van der Waals surface area contributed by atoms with Gasteiger partial charge in [0.1, 0.15) is 17.7 Å². The number of benzene rings is 1. The number of phenolic OH excluding ortho intramolecular Hbond substituents is 1. The van der Waals surface area contributed by atoms with Crippen LogP contribution in [0.4, 0.5) is 0 Å². The lowest BCUT2D eigenvalue weighted by atomic mass is 10.2. The van der Waals surface area contributed by atoms with E-state index in [2.05, 4.69) is 4.98 Å². The molecule has 2 rings (SSSR count). The summed E-state index contributed by atoms with van der Waals surface area (Å²) in [5, 5.41) is 9.01. The van der Waals surface area contributed by atoms with Crippen LogP contribution in [0.15, 0.2) is 41.3 Å². The average molecular weight is 161 g/mol. The van der Waals surface area contributed by atoms with Crippen LogP contribution in [0.1, 0.15) is 0 Å². The van der Waals surface area contributed by atoms with Crippen molar-refractivity contribution in [2.45, 2.75) is 0 Å². The van der Waals surface area contributed by atoms with Gasteiger partial charge >= 0.3 is 0 Å². The van der Waals surface area contributed by atoms with Gasteiger partial charge in [-0.15, -0.1) is 0 Å². The van der Waals surface area contributed by atoms with Crippen LogP contribution in [-0.2, 0) is 0 Å². The molecule has 0 spiro atoms. The summed E-state index contributed by atoms with van der Waals surface area (Å²) in [7, 11) is 0. The molecule has 60 valence electrons. The molecule has 1 heterocycles. The van der Waals surface area contributed by atoms with Crippen molar-refractivity contribution in [3.63, 3.8) is 0 Å². The highest BCUT2D eigenvalue weighted by molar-refractivity contribution is 5.58. The first-order chi connectivity index (χ1) is 5.86. The maximum absolute atomic E-state index is 9.01. The largest absolute Gasteiger partial charge is 0.508 e. The molecule has 0 fully saturated rings. The van der Waals surface area contributed by atoms with Gasteiger partial charge in [0.15, 0.2) is 6.39 Å². The van der Waals surface area contributed by atoms with E-state index < -0.39 is 0 Å². The zero-order valence-electron chi connectivity index (χ0n) is 6.27. The normalized spacial score (nSPS) is 10.0. The minimum atomic E-state index is 0.252. The lowest BCUT2D eigenvalue weighted by molar-refractivity contribution is 0.475. The van der Waals surface area contributed by atoms with Crippen LogP contribution in [0.3, 0.4) is 0 Å². The van der Waals surface area contributed by atoms with E-state index in [0.717, 1.165) is 11.3 Å². The topological polar surface area (TPSA) is 46.3 Å². The quantitative estimate of drug-likeness (QED) is 0.696. The van der Waals surface area contributed by atoms with Crippen LogP contribution in [0.5, 0.6) is 5.75 Å². The van der Waals surface area contributed by atoms with Gasteiger partial charge in [-0.3, -0.25) is 0 Å². The van der Waals surface area contributed by atoms with E-state index in [1.165, 1.54) is 6.39 Å². The molecule has 0 bridgehead atoms. The van der Waals surface area contributed by atoms with Gasteiger partial charge in [0.2, 0.25) is 0 Å². The van der Waals surface area contributed by atoms with Gasteiger partial charge in [0.05, 0.1) is 0 Å². The highest BCUT2D eigenvalue weighted by atomic mass is 16.3.